The molecular formula is C43H27N. The summed E-state index contributed by atoms with van der Waals surface area (Å²) in [6, 6.07) is 60.6. The van der Waals surface area contributed by atoms with Crippen molar-refractivity contribution < 1.29 is 0 Å². The van der Waals surface area contributed by atoms with Crippen molar-refractivity contribution in [3.63, 3.8) is 0 Å². The molecule has 0 spiro atoms. The van der Waals surface area contributed by atoms with Gasteiger partial charge in [0.25, 0.3) is 0 Å². The molecule has 0 N–H and O–H groups in total. The molecular weight excluding hydrogens is 530 g/mol. The van der Waals surface area contributed by atoms with Crippen LogP contribution >= 0.6 is 0 Å². The second-order valence-corrected chi connectivity index (χ2v) is 11.3. The Balaban J connectivity index is 1.15. The fourth-order valence-electron chi connectivity index (χ4n) is 6.44. The zero-order chi connectivity index (χ0) is 29.5. The third-order valence-electron chi connectivity index (χ3n) is 8.70. The quantitative estimate of drug-likeness (QED) is 0.197. The van der Waals surface area contributed by atoms with Gasteiger partial charge in [0.1, 0.15) is 0 Å². The SMILES string of the molecule is N#Cc1ccc(-c2ccc(-c3cccc(-c4cccc(-c5ccc6c7ccccc7c7ccccc7c6c5)c4)c3)cc2)cc1. The van der Waals surface area contributed by atoms with Gasteiger partial charge >= 0.3 is 0 Å². The summed E-state index contributed by atoms with van der Waals surface area (Å²) in [5.74, 6) is 0. The molecule has 0 saturated heterocycles. The van der Waals surface area contributed by atoms with E-state index in [9.17, 15) is 0 Å². The lowest BCUT2D eigenvalue weighted by atomic mass is 9.91. The Hall–Kier alpha value is -5.97. The summed E-state index contributed by atoms with van der Waals surface area (Å²) in [5.41, 5.74) is 10.1. The second kappa shape index (κ2) is 10.7. The normalized spacial score (nSPS) is 11.2. The van der Waals surface area contributed by atoms with Crippen LogP contribution in [0.1, 0.15) is 5.56 Å². The van der Waals surface area contributed by atoms with Crippen molar-refractivity contribution in [3.8, 4) is 50.6 Å². The molecule has 0 saturated carbocycles. The van der Waals surface area contributed by atoms with Gasteiger partial charge in [-0.3, -0.25) is 0 Å². The van der Waals surface area contributed by atoms with Crippen LogP contribution in [0.5, 0.6) is 0 Å². The zero-order valence-electron chi connectivity index (χ0n) is 24.0. The monoisotopic (exact) mass is 557 g/mol. The minimum Gasteiger partial charge on any atom is -0.192 e. The van der Waals surface area contributed by atoms with E-state index in [1.165, 1.54) is 65.7 Å². The Labute approximate surface area is 256 Å². The number of fused-ring (bicyclic) bond motifs is 6. The van der Waals surface area contributed by atoms with Crippen LogP contribution in [0.2, 0.25) is 0 Å². The van der Waals surface area contributed by atoms with Crippen molar-refractivity contribution in [2.45, 2.75) is 0 Å². The molecule has 0 heterocycles. The molecule has 204 valence electrons. The van der Waals surface area contributed by atoms with E-state index >= 15 is 0 Å². The third-order valence-corrected chi connectivity index (χ3v) is 8.70. The van der Waals surface area contributed by atoms with Crippen LogP contribution in [0.15, 0.2) is 164 Å². The highest BCUT2D eigenvalue weighted by atomic mass is 14.2. The van der Waals surface area contributed by atoms with Crippen molar-refractivity contribution >= 4 is 32.3 Å². The van der Waals surface area contributed by atoms with E-state index in [0.717, 1.165) is 11.1 Å². The number of hydrogen-bond donors (Lipinski definition) is 0. The smallest absolute Gasteiger partial charge is 0.0991 e. The fourth-order valence-corrected chi connectivity index (χ4v) is 6.44. The standard InChI is InChI=1S/C43H27N/c44-28-29-15-17-30(18-16-29)31-19-21-32(22-20-31)33-7-5-8-34(25-33)35-9-6-10-36(26-35)37-23-24-42-40-13-2-1-11-38(40)39-12-3-4-14-41(39)43(42)27-37/h1-27H. The van der Waals surface area contributed by atoms with Crippen LogP contribution in [-0.4, -0.2) is 0 Å². The molecule has 0 radical (unpaired) electrons. The summed E-state index contributed by atoms with van der Waals surface area (Å²) in [6.45, 7) is 0. The van der Waals surface area contributed by atoms with E-state index in [1.807, 2.05) is 24.3 Å². The predicted octanol–water partition coefficient (Wildman–Crippen LogP) is 11.7. The van der Waals surface area contributed by atoms with Gasteiger partial charge < -0.3 is 0 Å². The molecule has 0 unspecified atom stereocenters. The zero-order valence-corrected chi connectivity index (χ0v) is 24.0. The fraction of sp³-hybridized carbons (Fsp3) is 0. The van der Waals surface area contributed by atoms with Crippen molar-refractivity contribution in [1.82, 2.24) is 0 Å². The van der Waals surface area contributed by atoms with Crippen LogP contribution in [-0.2, 0) is 0 Å². The van der Waals surface area contributed by atoms with Crippen LogP contribution in [0.25, 0.3) is 76.8 Å². The highest BCUT2D eigenvalue weighted by Gasteiger charge is 2.10. The Bertz CT molecular complexity index is 2340. The Morgan fingerprint density at radius 1 is 0.273 bits per heavy atom. The van der Waals surface area contributed by atoms with Crippen molar-refractivity contribution in [2.75, 3.05) is 0 Å². The van der Waals surface area contributed by atoms with Crippen LogP contribution in [0.3, 0.4) is 0 Å². The molecule has 0 aliphatic heterocycles. The number of rotatable bonds is 4. The lowest BCUT2D eigenvalue weighted by Gasteiger charge is -2.13. The highest BCUT2D eigenvalue weighted by molar-refractivity contribution is 6.25. The van der Waals surface area contributed by atoms with Crippen molar-refractivity contribution in [3.05, 3.63) is 169 Å². The second-order valence-electron chi connectivity index (χ2n) is 11.3. The maximum Gasteiger partial charge on any atom is 0.0991 e. The van der Waals surface area contributed by atoms with Gasteiger partial charge in [-0.1, -0.05) is 133 Å². The predicted molar refractivity (Wildman–Crippen MR) is 185 cm³/mol. The molecule has 0 aliphatic carbocycles. The third kappa shape index (κ3) is 4.51. The number of nitrogens with zero attached hydrogens (tertiary/aromatic N) is 1. The Morgan fingerprint density at radius 2 is 0.614 bits per heavy atom. The first-order chi connectivity index (χ1) is 21.7. The lowest BCUT2D eigenvalue weighted by Crippen LogP contribution is -1.86. The van der Waals surface area contributed by atoms with Gasteiger partial charge in [-0.2, -0.15) is 5.26 Å². The van der Waals surface area contributed by atoms with E-state index in [4.69, 9.17) is 5.26 Å². The number of hydrogen-bond acceptors (Lipinski definition) is 1. The maximum absolute atomic E-state index is 9.09. The van der Waals surface area contributed by atoms with E-state index in [-0.39, 0.29) is 0 Å². The largest absolute Gasteiger partial charge is 0.192 e. The van der Waals surface area contributed by atoms with Gasteiger partial charge in [0, 0.05) is 0 Å². The van der Waals surface area contributed by atoms with E-state index in [0.29, 0.717) is 5.56 Å². The van der Waals surface area contributed by atoms with E-state index in [2.05, 4.69) is 146 Å². The van der Waals surface area contributed by atoms with Crippen molar-refractivity contribution in [1.29, 1.82) is 5.26 Å². The molecule has 0 aliphatic rings. The van der Waals surface area contributed by atoms with E-state index < -0.39 is 0 Å². The topological polar surface area (TPSA) is 23.8 Å². The molecule has 44 heavy (non-hydrogen) atoms. The highest BCUT2D eigenvalue weighted by Crippen LogP contribution is 2.38. The summed E-state index contributed by atoms with van der Waals surface area (Å²) < 4.78 is 0. The first kappa shape index (κ1) is 25.7. The summed E-state index contributed by atoms with van der Waals surface area (Å²) in [7, 11) is 0. The molecule has 8 aromatic carbocycles. The molecule has 8 rings (SSSR count). The summed E-state index contributed by atoms with van der Waals surface area (Å²) in [6.07, 6.45) is 0. The van der Waals surface area contributed by atoms with Gasteiger partial charge in [0.2, 0.25) is 0 Å². The summed E-state index contributed by atoms with van der Waals surface area (Å²) in [4.78, 5) is 0. The molecule has 0 fully saturated rings. The van der Waals surface area contributed by atoms with Gasteiger partial charge in [-0.15, -0.1) is 0 Å². The van der Waals surface area contributed by atoms with Gasteiger partial charge in [-0.05, 0) is 107 Å². The average Bonchev–Trinajstić information content (AvgIpc) is 3.12. The molecule has 0 bridgehead atoms. The first-order valence-electron chi connectivity index (χ1n) is 14.9. The minimum atomic E-state index is 0.675. The molecule has 0 atom stereocenters. The molecule has 8 aromatic rings. The van der Waals surface area contributed by atoms with Crippen LogP contribution in [0, 0.1) is 11.3 Å². The van der Waals surface area contributed by atoms with Crippen molar-refractivity contribution in [2.24, 2.45) is 0 Å². The first-order valence-corrected chi connectivity index (χ1v) is 14.9. The molecule has 1 heteroatoms. The lowest BCUT2D eigenvalue weighted by molar-refractivity contribution is 1.48. The number of benzene rings is 8. The van der Waals surface area contributed by atoms with Crippen LogP contribution < -0.4 is 0 Å². The Kier molecular flexibility index (Phi) is 6.25. The molecule has 1 nitrogen and oxygen atoms in total. The minimum absolute atomic E-state index is 0.675. The van der Waals surface area contributed by atoms with Crippen LogP contribution in [0.4, 0.5) is 0 Å². The van der Waals surface area contributed by atoms with E-state index in [1.54, 1.807) is 0 Å². The molecule has 0 aromatic heterocycles. The number of nitriles is 1. The maximum atomic E-state index is 9.09. The van der Waals surface area contributed by atoms with Gasteiger partial charge in [-0.25, -0.2) is 0 Å². The van der Waals surface area contributed by atoms with Gasteiger partial charge in [0.15, 0.2) is 0 Å². The average molecular weight is 558 g/mol. The summed E-state index contributed by atoms with van der Waals surface area (Å²) >= 11 is 0. The van der Waals surface area contributed by atoms with Gasteiger partial charge in [0.05, 0.1) is 11.6 Å². The Morgan fingerprint density at radius 3 is 1.09 bits per heavy atom. The summed E-state index contributed by atoms with van der Waals surface area (Å²) in [5, 5.41) is 16.8. The molecule has 0 amide bonds.